The smallest absolute Gasteiger partial charge is 0.111 e. The molecule has 4 atom stereocenters. The molecule has 0 unspecified atom stereocenters. The van der Waals surface area contributed by atoms with E-state index in [9.17, 15) is 15.3 Å². The van der Waals surface area contributed by atoms with Crippen molar-refractivity contribution < 1.29 is 30.3 Å². The van der Waals surface area contributed by atoms with Crippen LogP contribution in [0.2, 0.25) is 0 Å². The highest BCUT2D eigenvalue weighted by atomic mass is 16.5. The van der Waals surface area contributed by atoms with E-state index in [1.807, 2.05) is 0 Å². The summed E-state index contributed by atoms with van der Waals surface area (Å²) in [5, 5.41) is 46.3. The van der Waals surface area contributed by atoms with Gasteiger partial charge in [0.2, 0.25) is 0 Å². The Labute approximate surface area is 121 Å². The average molecular weight is 294 g/mol. The van der Waals surface area contributed by atoms with Gasteiger partial charge < -0.3 is 30.3 Å². The molecular weight excluding hydrogens is 264 g/mol. The van der Waals surface area contributed by atoms with Gasteiger partial charge in [-0.25, -0.2) is 0 Å². The third kappa shape index (κ3) is 8.84. The van der Waals surface area contributed by atoms with E-state index >= 15 is 0 Å². The Morgan fingerprint density at radius 1 is 0.800 bits per heavy atom. The van der Waals surface area contributed by atoms with Gasteiger partial charge >= 0.3 is 0 Å². The maximum atomic E-state index is 9.58. The first-order valence-corrected chi connectivity index (χ1v) is 7.45. The molecule has 5 N–H and O–H groups in total. The van der Waals surface area contributed by atoms with Crippen molar-refractivity contribution in [3.05, 3.63) is 0 Å². The Balaban J connectivity index is 3.59. The Kier molecular flexibility index (Phi) is 12.3. The first-order valence-electron chi connectivity index (χ1n) is 7.45. The van der Waals surface area contributed by atoms with E-state index in [2.05, 4.69) is 6.92 Å². The summed E-state index contributed by atoms with van der Waals surface area (Å²) in [6.45, 7) is 1.88. The topological polar surface area (TPSA) is 110 Å². The number of aliphatic hydroxyl groups excluding tert-OH is 5. The summed E-state index contributed by atoms with van der Waals surface area (Å²) in [4.78, 5) is 0. The van der Waals surface area contributed by atoms with Gasteiger partial charge in [0.1, 0.15) is 24.4 Å². The van der Waals surface area contributed by atoms with Crippen LogP contribution in [0.25, 0.3) is 0 Å². The van der Waals surface area contributed by atoms with Crippen molar-refractivity contribution in [1.29, 1.82) is 0 Å². The Bertz CT molecular complexity index is 214. The third-order valence-electron chi connectivity index (χ3n) is 3.26. The van der Waals surface area contributed by atoms with Gasteiger partial charge in [-0.15, -0.1) is 0 Å². The monoisotopic (exact) mass is 294 g/mol. The second-order valence-corrected chi connectivity index (χ2v) is 5.14. The molecule has 0 aromatic heterocycles. The van der Waals surface area contributed by atoms with E-state index in [0.29, 0.717) is 6.61 Å². The summed E-state index contributed by atoms with van der Waals surface area (Å²) in [6, 6.07) is 0. The molecule has 0 fully saturated rings. The van der Waals surface area contributed by atoms with E-state index in [-0.39, 0.29) is 6.61 Å². The van der Waals surface area contributed by atoms with Gasteiger partial charge in [-0.2, -0.15) is 0 Å². The number of rotatable bonds is 13. The molecule has 0 aliphatic rings. The molecule has 0 bridgehead atoms. The lowest BCUT2D eigenvalue weighted by molar-refractivity contribution is -0.129. The molecule has 0 spiro atoms. The average Bonchev–Trinajstić information content (AvgIpc) is 2.47. The van der Waals surface area contributed by atoms with Gasteiger partial charge in [0.15, 0.2) is 0 Å². The standard InChI is InChI=1S/C14H30O6/c1-2-3-4-5-6-7-8-20-10-12(17)14(19)13(18)11(16)9-15/h11-19H,2-10H2,1H3/t11-,12+,13+,14+/m0/s1. The van der Waals surface area contributed by atoms with Crippen LogP contribution < -0.4 is 0 Å². The maximum absolute atomic E-state index is 9.58. The first kappa shape index (κ1) is 19.8. The molecule has 6 heteroatoms. The SMILES string of the molecule is CCCCCCCCOC[C@@H](O)[C@@H](O)[C@H](O)[C@@H](O)CO. The second kappa shape index (κ2) is 12.5. The van der Waals surface area contributed by atoms with Crippen molar-refractivity contribution in [3.63, 3.8) is 0 Å². The lowest BCUT2D eigenvalue weighted by Crippen LogP contribution is -2.47. The fourth-order valence-corrected chi connectivity index (χ4v) is 1.85. The van der Waals surface area contributed by atoms with E-state index in [4.69, 9.17) is 14.9 Å². The Morgan fingerprint density at radius 2 is 1.35 bits per heavy atom. The van der Waals surface area contributed by atoms with E-state index < -0.39 is 31.0 Å². The molecule has 0 radical (unpaired) electrons. The van der Waals surface area contributed by atoms with Gasteiger partial charge in [0, 0.05) is 6.61 Å². The predicted molar refractivity (Wildman–Crippen MR) is 75.3 cm³/mol. The van der Waals surface area contributed by atoms with E-state index in [1.54, 1.807) is 0 Å². The number of aliphatic hydroxyl groups is 5. The fourth-order valence-electron chi connectivity index (χ4n) is 1.85. The number of hydrogen-bond donors (Lipinski definition) is 5. The van der Waals surface area contributed by atoms with Crippen LogP contribution >= 0.6 is 0 Å². The molecule has 0 aromatic carbocycles. The van der Waals surface area contributed by atoms with Crippen LogP contribution in [-0.4, -0.2) is 69.8 Å². The van der Waals surface area contributed by atoms with Crippen LogP contribution in [-0.2, 0) is 4.74 Å². The summed E-state index contributed by atoms with van der Waals surface area (Å²) >= 11 is 0. The number of unbranched alkanes of at least 4 members (excludes halogenated alkanes) is 5. The predicted octanol–water partition coefficient (Wildman–Crippen LogP) is -0.201. The largest absolute Gasteiger partial charge is 0.394 e. The fraction of sp³-hybridized carbons (Fsp3) is 1.00. The minimum absolute atomic E-state index is 0.106. The highest BCUT2D eigenvalue weighted by Gasteiger charge is 2.29. The summed E-state index contributed by atoms with van der Waals surface area (Å²) < 4.78 is 5.22. The van der Waals surface area contributed by atoms with Crippen molar-refractivity contribution in [2.75, 3.05) is 19.8 Å². The van der Waals surface area contributed by atoms with Crippen LogP contribution in [0.4, 0.5) is 0 Å². The van der Waals surface area contributed by atoms with Gasteiger partial charge in [0.25, 0.3) is 0 Å². The van der Waals surface area contributed by atoms with Gasteiger partial charge in [-0.3, -0.25) is 0 Å². The van der Waals surface area contributed by atoms with Gasteiger partial charge in [-0.05, 0) is 6.42 Å². The molecule has 0 amide bonds. The number of hydrogen-bond acceptors (Lipinski definition) is 6. The molecule has 0 aliphatic heterocycles. The summed E-state index contributed by atoms with van der Waals surface area (Å²) in [6.07, 6.45) is 0.935. The van der Waals surface area contributed by atoms with Gasteiger partial charge in [-0.1, -0.05) is 39.0 Å². The van der Waals surface area contributed by atoms with Crippen LogP contribution in [0.1, 0.15) is 45.4 Å². The molecule has 0 saturated carbocycles. The van der Waals surface area contributed by atoms with Crippen LogP contribution in [0.3, 0.4) is 0 Å². The van der Waals surface area contributed by atoms with Crippen molar-refractivity contribution in [2.45, 2.75) is 69.9 Å². The lowest BCUT2D eigenvalue weighted by Gasteiger charge is -2.25. The quantitative estimate of drug-likeness (QED) is 0.301. The maximum Gasteiger partial charge on any atom is 0.111 e. The zero-order valence-electron chi connectivity index (χ0n) is 12.3. The molecule has 0 saturated heterocycles. The summed E-state index contributed by atoms with van der Waals surface area (Å²) in [5.74, 6) is 0. The van der Waals surface area contributed by atoms with E-state index in [1.165, 1.54) is 25.7 Å². The highest BCUT2D eigenvalue weighted by Crippen LogP contribution is 2.07. The molecule has 122 valence electrons. The molecule has 0 heterocycles. The van der Waals surface area contributed by atoms with Crippen LogP contribution in [0.15, 0.2) is 0 Å². The summed E-state index contributed by atoms with van der Waals surface area (Å²) in [5.41, 5.74) is 0. The number of ether oxygens (including phenoxy) is 1. The molecule has 6 nitrogen and oxygen atoms in total. The molecule has 0 rings (SSSR count). The second-order valence-electron chi connectivity index (χ2n) is 5.14. The zero-order valence-corrected chi connectivity index (χ0v) is 12.3. The normalized spacial score (nSPS) is 17.7. The zero-order chi connectivity index (χ0) is 15.4. The van der Waals surface area contributed by atoms with Crippen LogP contribution in [0.5, 0.6) is 0 Å². The molecule has 20 heavy (non-hydrogen) atoms. The van der Waals surface area contributed by atoms with Crippen molar-refractivity contribution >= 4 is 0 Å². The minimum Gasteiger partial charge on any atom is -0.394 e. The summed E-state index contributed by atoms with van der Waals surface area (Å²) in [7, 11) is 0. The van der Waals surface area contributed by atoms with Gasteiger partial charge in [0.05, 0.1) is 13.2 Å². The highest BCUT2D eigenvalue weighted by molar-refractivity contribution is 4.80. The minimum atomic E-state index is -1.59. The van der Waals surface area contributed by atoms with E-state index in [0.717, 1.165) is 12.8 Å². The van der Waals surface area contributed by atoms with Crippen LogP contribution in [0, 0.1) is 0 Å². The molecule has 0 aromatic rings. The third-order valence-corrected chi connectivity index (χ3v) is 3.26. The van der Waals surface area contributed by atoms with Crippen molar-refractivity contribution in [2.24, 2.45) is 0 Å². The Morgan fingerprint density at radius 3 is 1.95 bits per heavy atom. The molecule has 0 aliphatic carbocycles. The van der Waals surface area contributed by atoms with Crippen molar-refractivity contribution in [1.82, 2.24) is 0 Å². The van der Waals surface area contributed by atoms with Crippen molar-refractivity contribution in [3.8, 4) is 0 Å². The Hall–Kier alpha value is -0.240. The molecular formula is C14H30O6. The first-order chi connectivity index (χ1) is 9.54. The lowest BCUT2D eigenvalue weighted by atomic mass is 10.0.